The highest BCUT2D eigenvalue weighted by Crippen LogP contribution is 2.22. The van der Waals surface area contributed by atoms with E-state index in [9.17, 15) is 19.7 Å². The van der Waals surface area contributed by atoms with Crippen LogP contribution in [0.4, 0.5) is 16.2 Å². The summed E-state index contributed by atoms with van der Waals surface area (Å²) in [6.45, 7) is 1.16. The number of pyridine rings is 1. The summed E-state index contributed by atoms with van der Waals surface area (Å²) in [5.74, 6) is 0.170. The molecule has 1 saturated heterocycles. The first-order chi connectivity index (χ1) is 13.5. The third kappa shape index (κ3) is 5.48. The Hall–Kier alpha value is -3.53. The highest BCUT2D eigenvalue weighted by Gasteiger charge is 2.27. The number of nitro groups is 1. The molecule has 0 bridgehead atoms. The van der Waals surface area contributed by atoms with Crippen molar-refractivity contribution in [2.45, 2.75) is 12.5 Å². The van der Waals surface area contributed by atoms with Crippen LogP contribution in [-0.2, 0) is 4.74 Å². The molecule has 1 atom stereocenters. The van der Waals surface area contributed by atoms with Crippen LogP contribution >= 0.6 is 0 Å². The molecule has 2 aromatic rings. The van der Waals surface area contributed by atoms with E-state index in [1.807, 2.05) is 4.90 Å². The average Bonchev–Trinajstić information content (AvgIpc) is 3.18. The van der Waals surface area contributed by atoms with E-state index in [0.717, 1.165) is 5.69 Å². The number of ether oxygens (including phenoxy) is 2. The fourth-order valence-corrected chi connectivity index (χ4v) is 2.61. The number of carbonyl (C=O) groups is 2. The Morgan fingerprint density at radius 1 is 1.29 bits per heavy atom. The third-order valence-electron chi connectivity index (χ3n) is 3.91. The second kappa shape index (κ2) is 9.97. The standard InChI is InChI=1S/C17H15N3O6.CH5N/c21-11-12-1-2-14(9-18-12)19-8-7-16(10-19)26-17(22)25-15-5-3-13(4-6-15)20(23)24;1-2/h1-6,9,11,16H,7-8,10H2;2H2,1H3. The first kappa shape index (κ1) is 20.8. The minimum atomic E-state index is -0.861. The minimum absolute atomic E-state index is 0.0913. The molecule has 2 N–H and O–H groups in total. The van der Waals surface area contributed by atoms with E-state index in [1.165, 1.54) is 31.3 Å². The molecule has 3 rings (SSSR count). The Labute approximate surface area is 161 Å². The van der Waals surface area contributed by atoms with Crippen molar-refractivity contribution in [2.75, 3.05) is 25.0 Å². The number of nitro benzene ring substituents is 1. The van der Waals surface area contributed by atoms with Gasteiger partial charge < -0.3 is 20.1 Å². The number of hydrogen-bond acceptors (Lipinski definition) is 9. The van der Waals surface area contributed by atoms with Crippen molar-refractivity contribution in [3.8, 4) is 5.75 Å². The van der Waals surface area contributed by atoms with Gasteiger partial charge in [0.1, 0.15) is 17.5 Å². The van der Waals surface area contributed by atoms with Gasteiger partial charge in [0.05, 0.1) is 23.4 Å². The largest absolute Gasteiger partial charge is 0.514 e. The highest BCUT2D eigenvalue weighted by atomic mass is 16.7. The maximum absolute atomic E-state index is 11.9. The predicted molar refractivity (Wildman–Crippen MR) is 101 cm³/mol. The number of rotatable bonds is 5. The molecule has 0 spiro atoms. The fourth-order valence-electron chi connectivity index (χ4n) is 2.61. The Morgan fingerprint density at radius 3 is 2.57 bits per heavy atom. The molecule has 1 aliphatic heterocycles. The van der Waals surface area contributed by atoms with Gasteiger partial charge in [0, 0.05) is 25.1 Å². The van der Waals surface area contributed by atoms with E-state index in [4.69, 9.17) is 9.47 Å². The molecule has 1 unspecified atom stereocenters. The van der Waals surface area contributed by atoms with Crippen molar-refractivity contribution in [1.82, 2.24) is 4.98 Å². The zero-order valence-electron chi connectivity index (χ0n) is 15.2. The van der Waals surface area contributed by atoms with Crippen molar-refractivity contribution >= 4 is 23.8 Å². The van der Waals surface area contributed by atoms with Crippen LogP contribution in [0.2, 0.25) is 0 Å². The van der Waals surface area contributed by atoms with E-state index in [-0.39, 0.29) is 17.5 Å². The normalized spacial score (nSPS) is 15.2. The Morgan fingerprint density at radius 2 is 2.00 bits per heavy atom. The molecule has 10 nitrogen and oxygen atoms in total. The Kier molecular flexibility index (Phi) is 7.40. The molecule has 2 heterocycles. The number of benzene rings is 1. The molecule has 0 saturated carbocycles. The molecular formula is C18H20N4O6. The van der Waals surface area contributed by atoms with Crippen LogP contribution in [0.25, 0.3) is 0 Å². The molecule has 1 aliphatic rings. The van der Waals surface area contributed by atoms with Gasteiger partial charge in [-0.1, -0.05) is 0 Å². The molecule has 10 heteroatoms. The summed E-state index contributed by atoms with van der Waals surface area (Å²) < 4.78 is 10.3. The molecule has 28 heavy (non-hydrogen) atoms. The second-order valence-electron chi connectivity index (χ2n) is 5.64. The lowest BCUT2D eigenvalue weighted by Crippen LogP contribution is -2.26. The number of anilines is 1. The van der Waals surface area contributed by atoms with Crippen LogP contribution in [0.15, 0.2) is 42.6 Å². The van der Waals surface area contributed by atoms with Crippen molar-refractivity contribution in [1.29, 1.82) is 0 Å². The monoisotopic (exact) mass is 388 g/mol. The molecule has 1 aromatic carbocycles. The van der Waals surface area contributed by atoms with Crippen molar-refractivity contribution < 1.29 is 24.0 Å². The first-order valence-corrected chi connectivity index (χ1v) is 8.42. The van der Waals surface area contributed by atoms with E-state index < -0.39 is 11.1 Å². The topological polar surface area (TPSA) is 138 Å². The SMILES string of the molecule is CN.O=Cc1ccc(N2CCC(OC(=O)Oc3ccc([N+](=O)[O-])cc3)C2)cn1. The molecule has 0 radical (unpaired) electrons. The summed E-state index contributed by atoms with van der Waals surface area (Å²) in [4.78, 5) is 38.6. The minimum Gasteiger partial charge on any atom is -0.429 e. The van der Waals surface area contributed by atoms with Gasteiger partial charge in [-0.2, -0.15) is 0 Å². The van der Waals surface area contributed by atoms with Crippen molar-refractivity contribution in [2.24, 2.45) is 5.73 Å². The molecule has 0 amide bonds. The number of aromatic nitrogens is 1. The number of nitrogens with two attached hydrogens (primary N) is 1. The number of nitrogens with zero attached hydrogens (tertiary/aromatic N) is 3. The smallest absolute Gasteiger partial charge is 0.429 e. The van der Waals surface area contributed by atoms with Gasteiger partial charge in [0.2, 0.25) is 0 Å². The van der Waals surface area contributed by atoms with Gasteiger partial charge in [0.15, 0.2) is 6.29 Å². The predicted octanol–water partition coefficient (Wildman–Crippen LogP) is 2.17. The number of hydrogen-bond donors (Lipinski definition) is 1. The van der Waals surface area contributed by atoms with Crippen molar-refractivity contribution in [3.63, 3.8) is 0 Å². The summed E-state index contributed by atoms with van der Waals surface area (Å²) in [7, 11) is 1.50. The number of non-ortho nitro benzene ring substituents is 1. The first-order valence-electron chi connectivity index (χ1n) is 8.42. The summed E-state index contributed by atoms with van der Waals surface area (Å²) in [6.07, 6.45) is 1.70. The maximum Gasteiger partial charge on any atom is 0.514 e. The quantitative estimate of drug-likeness (QED) is 0.268. The lowest BCUT2D eigenvalue weighted by molar-refractivity contribution is -0.384. The van der Waals surface area contributed by atoms with Crippen LogP contribution in [0, 0.1) is 10.1 Å². The van der Waals surface area contributed by atoms with Crippen LogP contribution in [0.1, 0.15) is 16.9 Å². The van der Waals surface area contributed by atoms with Gasteiger partial charge in [-0.25, -0.2) is 4.79 Å². The molecular weight excluding hydrogens is 368 g/mol. The highest BCUT2D eigenvalue weighted by molar-refractivity contribution is 5.72. The lowest BCUT2D eigenvalue weighted by Gasteiger charge is -2.18. The van der Waals surface area contributed by atoms with Crippen LogP contribution < -0.4 is 15.4 Å². The van der Waals surface area contributed by atoms with E-state index in [0.29, 0.717) is 31.5 Å². The average molecular weight is 388 g/mol. The second-order valence-corrected chi connectivity index (χ2v) is 5.64. The van der Waals surface area contributed by atoms with Gasteiger partial charge in [-0.15, -0.1) is 0 Å². The third-order valence-corrected chi connectivity index (χ3v) is 3.91. The van der Waals surface area contributed by atoms with Crippen LogP contribution in [0.5, 0.6) is 5.75 Å². The molecule has 1 aromatic heterocycles. The summed E-state index contributed by atoms with van der Waals surface area (Å²) in [6, 6.07) is 8.57. The number of carbonyl (C=O) groups excluding carboxylic acids is 2. The van der Waals surface area contributed by atoms with Crippen LogP contribution in [0.3, 0.4) is 0 Å². The maximum atomic E-state index is 11.9. The Bertz CT molecular complexity index is 810. The summed E-state index contributed by atoms with van der Waals surface area (Å²) in [5, 5.41) is 10.6. The molecule has 1 fully saturated rings. The lowest BCUT2D eigenvalue weighted by atomic mass is 10.3. The van der Waals surface area contributed by atoms with E-state index >= 15 is 0 Å². The van der Waals surface area contributed by atoms with Gasteiger partial charge in [-0.05, 0) is 31.3 Å². The Balaban J connectivity index is 0.00000136. The summed E-state index contributed by atoms with van der Waals surface area (Å²) >= 11 is 0. The van der Waals surface area contributed by atoms with Gasteiger partial charge in [0.25, 0.3) is 5.69 Å². The summed E-state index contributed by atoms with van der Waals surface area (Å²) in [5.41, 5.74) is 5.60. The molecule has 0 aliphatic carbocycles. The van der Waals surface area contributed by atoms with Gasteiger partial charge in [-0.3, -0.25) is 19.9 Å². The van der Waals surface area contributed by atoms with Crippen LogP contribution in [-0.4, -0.2) is 48.6 Å². The van der Waals surface area contributed by atoms with E-state index in [1.54, 1.807) is 18.3 Å². The number of aldehydes is 1. The zero-order valence-corrected chi connectivity index (χ0v) is 15.2. The molecule has 148 valence electrons. The van der Waals surface area contributed by atoms with E-state index in [2.05, 4.69) is 10.7 Å². The fraction of sp³-hybridized carbons (Fsp3) is 0.278. The van der Waals surface area contributed by atoms with Crippen molar-refractivity contribution in [3.05, 3.63) is 58.4 Å². The zero-order chi connectivity index (χ0) is 20.5. The van der Waals surface area contributed by atoms with Gasteiger partial charge >= 0.3 is 6.16 Å².